The van der Waals surface area contributed by atoms with Crippen molar-refractivity contribution in [2.24, 2.45) is 0 Å². The highest BCUT2D eigenvalue weighted by Crippen LogP contribution is 2.62. The van der Waals surface area contributed by atoms with Gasteiger partial charge in [0, 0.05) is 6.54 Å². The van der Waals surface area contributed by atoms with Crippen LogP contribution in [0.1, 0.15) is 28.8 Å². The van der Waals surface area contributed by atoms with Crippen LogP contribution in [-0.4, -0.2) is 4.90 Å². The second-order valence-electron chi connectivity index (χ2n) is 6.22. The number of rotatable bonds is 2. The zero-order valence-corrected chi connectivity index (χ0v) is 12.3. The molecule has 0 bridgehead atoms. The molecule has 3 aromatic rings. The standard InChI is InChI=1S/C21H17N/c1-2-8-15(9-3-1)14-22-20-18-12-6-4-10-16(18)17-11-5-7-13-19(17)21(20)22/h1-13,20-21H,14H2. The Morgan fingerprint density at radius 1 is 0.591 bits per heavy atom. The quantitative estimate of drug-likeness (QED) is 0.600. The molecule has 1 heterocycles. The van der Waals surface area contributed by atoms with Crippen LogP contribution in [0.25, 0.3) is 11.1 Å². The average molecular weight is 283 g/mol. The van der Waals surface area contributed by atoms with Crippen molar-refractivity contribution < 1.29 is 0 Å². The summed E-state index contributed by atoms with van der Waals surface area (Å²) < 4.78 is 0. The molecular formula is C21H17N. The van der Waals surface area contributed by atoms with Crippen LogP contribution in [-0.2, 0) is 6.54 Å². The third kappa shape index (κ3) is 1.69. The predicted octanol–water partition coefficient (Wildman–Crippen LogP) is 4.97. The number of benzene rings is 3. The van der Waals surface area contributed by atoms with Crippen molar-refractivity contribution in [2.75, 3.05) is 0 Å². The molecule has 0 spiro atoms. The van der Waals surface area contributed by atoms with Gasteiger partial charge in [0.1, 0.15) is 0 Å². The van der Waals surface area contributed by atoms with Gasteiger partial charge in [0.25, 0.3) is 0 Å². The van der Waals surface area contributed by atoms with E-state index in [0.29, 0.717) is 12.1 Å². The Bertz CT molecular complexity index is 786. The molecule has 0 N–H and O–H groups in total. The minimum absolute atomic E-state index is 0.548. The van der Waals surface area contributed by atoms with Crippen molar-refractivity contribution >= 4 is 0 Å². The zero-order chi connectivity index (χ0) is 14.5. The lowest BCUT2D eigenvalue weighted by Crippen LogP contribution is -1.98. The summed E-state index contributed by atoms with van der Waals surface area (Å²) in [5.41, 5.74) is 7.20. The molecule has 1 fully saturated rings. The Hall–Kier alpha value is -2.38. The van der Waals surface area contributed by atoms with Gasteiger partial charge in [-0.3, -0.25) is 4.90 Å². The highest BCUT2D eigenvalue weighted by atomic mass is 15.4. The Morgan fingerprint density at radius 2 is 1.09 bits per heavy atom. The smallest absolute Gasteiger partial charge is 0.0562 e. The lowest BCUT2D eigenvalue weighted by molar-refractivity contribution is 0.482. The molecule has 106 valence electrons. The summed E-state index contributed by atoms with van der Waals surface area (Å²) in [7, 11) is 0. The molecule has 0 amide bonds. The fourth-order valence-corrected chi connectivity index (χ4v) is 3.96. The van der Waals surface area contributed by atoms with Crippen LogP contribution in [0.4, 0.5) is 0 Å². The first kappa shape index (κ1) is 12.2. The summed E-state index contributed by atoms with van der Waals surface area (Å²) >= 11 is 0. The number of fused-ring (bicyclic) bond motifs is 6. The van der Waals surface area contributed by atoms with Crippen molar-refractivity contribution in [3.63, 3.8) is 0 Å². The van der Waals surface area contributed by atoms with Crippen LogP contribution in [0.2, 0.25) is 0 Å². The van der Waals surface area contributed by atoms with E-state index in [-0.39, 0.29) is 0 Å². The number of nitrogens with zero attached hydrogens (tertiary/aromatic N) is 1. The largest absolute Gasteiger partial charge is 0.281 e. The molecule has 0 aromatic heterocycles. The van der Waals surface area contributed by atoms with Gasteiger partial charge in [0.15, 0.2) is 0 Å². The fraction of sp³-hybridized carbons (Fsp3) is 0.143. The molecule has 2 atom stereocenters. The Morgan fingerprint density at radius 3 is 1.68 bits per heavy atom. The summed E-state index contributed by atoms with van der Waals surface area (Å²) in [5, 5.41) is 0. The molecule has 1 saturated heterocycles. The Kier molecular flexibility index (Phi) is 2.53. The molecule has 1 aliphatic heterocycles. The molecule has 1 aliphatic carbocycles. The molecule has 0 radical (unpaired) electrons. The fourth-order valence-electron chi connectivity index (χ4n) is 3.96. The van der Waals surface area contributed by atoms with Gasteiger partial charge in [0.05, 0.1) is 12.1 Å². The average Bonchev–Trinajstić information content (AvgIpc) is 3.30. The Labute approximate surface area is 130 Å². The molecule has 1 heteroatoms. The van der Waals surface area contributed by atoms with Crippen LogP contribution in [0.5, 0.6) is 0 Å². The summed E-state index contributed by atoms with van der Waals surface area (Å²) in [5.74, 6) is 0. The lowest BCUT2D eigenvalue weighted by atomic mass is 9.86. The van der Waals surface area contributed by atoms with Crippen molar-refractivity contribution in [3.8, 4) is 11.1 Å². The third-order valence-electron chi connectivity index (χ3n) is 4.98. The van der Waals surface area contributed by atoms with Crippen molar-refractivity contribution in [1.29, 1.82) is 0 Å². The van der Waals surface area contributed by atoms with Crippen LogP contribution in [0.15, 0.2) is 78.9 Å². The zero-order valence-electron chi connectivity index (χ0n) is 12.3. The summed E-state index contributed by atoms with van der Waals surface area (Å²) in [4.78, 5) is 2.61. The summed E-state index contributed by atoms with van der Waals surface area (Å²) in [6, 6.07) is 29.7. The van der Waals surface area contributed by atoms with Crippen LogP contribution in [0.3, 0.4) is 0 Å². The van der Waals surface area contributed by atoms with E-state index in [4.69, 9.17) is 0 Å². The molecule has 1 nitrogen and oxygen atoms in total. The SMILES string of the molecule is c1ccc(CN2C3c4ccccc4-c4ccccc4C32)cc1. The molecule has 2 unspecified atom stereocenters. The van der Waals surface area contributed by atoms with Crippen molar-refractivity contribution in [2.45, 2.75) is 18.6 Å². The first-order valence-electron chi connectivity index (χ1n) is 7.91. The van der Waals surface area contributed by atoms with E-state index < -0.39 is 0 Å². The minimum Gasteiger partial charge on any atom is -0.281 e. The molecule has 22 heavy (non-hydrogen) atoms. The van der Waals surface area contributed by atoms with Gasteiger partial charge >= 0.3 is 0 Å². The molecule has 3 aromatic carbocycles. The van der Waals surface area contributed by atoms with Gasteiger partial charge < -0.3 is 0 Å². The van der Waals surface area contributed by atoms with E-state index in [1.807, 2.05) is 0 Å². The van der Waals surface area contributed by atoms with E-state index >= 15 is 0 Å². The van der Waals surface area contributed by atoms with Gasteiger partial charge in [-0.05, 0) is 27.8 Å². The minimum atomic E-state index is 0.548. The van der Waals surface area contributed by atoms with Crippen LogP contribution >= 0.6 is 0 Å². The normalized spacial score (nSPS) is 24.1. The maximum absolute atomic E-state index is 2.61. The summed E-state index contributed by atoms with van der Waals surface area (Å²) in [6.45, 7) is 1.03. The maximum atomic E-state index is 2.61. The Balaban J connectivity index is 1.60. The van der Waals surface area contributed by atoms with Crippen molar-refractivity contribution in [1.82, 2.24) is 4.90 Å². The third-order valence-corrected chi connectivity index (χ3v) is 4.98. The van der Waals surface area contributed by atoms with Gasteiger partial charge in [0.2, 0.25) is 0 Å². The predicted molar refractivity (Wildman–Crippen MR) is 89.3 cm³/mol. The molecule has 2 aliphatic rings. The molecule has 5 rings (SSSR count). The number of hydrogen-bond acceptors (Lipinski definition) is 1. The second kappa shape index (κ2) is 4.56. The van der Waals surface area contributed by atoms with E-state index in [1.165, 1.54) is 27.8 Å². The highest BCUT2D eigenvalue weighted by molar-refractivity contribution is 5.76. The van der Waals surface area contributed by atoms with Gasteiger partial charge in [-0.25, -0.2) is 0 Å². The topological polar surface area (TPSA) is 3.01 Å². The highest BCUT2D eigenvalue weighted by Gasteiger charge is 2.53. The van der Waals surface area contributed by atoms with Crippen LogP contribution < -0.4 is 0 Å². The first-order valence-corrected chi connectivity index (χ1v) is 7.91. The maximum Gasteiger partial charge on any atom is 0.0562 e. The van der Waals surface area contributed by atoms with E-state index in [0.717, 1.165) is 6.54 Å². The van der Waals surface area contributed by atoms with Gasteiger partial charge in [-0.1, -0.05) is 78.9 Å². The summed E-state index contributed by atoms with van der Waals surface area (Å²) in [6.07, 6.45) is 0. The van der Waals surface area contributed by atoms with Crippen molar-refractivity contribution in [3.05, 3.63) is 95.6 Å². The van der Waals surface area contributed by atoms with E-state index in [2.05, 4.69) is 83.8 Å². The number of hydrogen-bond donors (Lipinski definition) is 0. The monoisotopic (exact) mass is 283 g/mol. The second-order valence-corrected chi connectivity index (χ2v) is 6.22. The molecule has 0 saturated carbocycles. The van der Waals surface area contributed by atoms with Gasteiger partial charge in [-0.2, -0.15) is 0 Å². The lowest BCUT2D eigenvalue weighted by Gasteiger charge is -2.16. The van der Waals surface area contributed by atoms with E-state index in [1.54, 1.807) is 0 Å². The van der Waals surface area contributed by atoms with E-state index in [9.17, 15) is 0 Å². The first-order chi connectivity index (χ1) is 10.9. The molecular weight excluding hydrogens is 266 g/mol. The van der Waals surface area contributed by atoms with Gasteiger partial charge in [-0.15, -0.1) is 0 Å². The van der Waals surface area contributed by atoms with Crippen LogP contribution in [0, 0.1) is 0 Å².